The monoisotopic (exact) mass is 493 g/mol. The standard InChI is InChI=1S/C27H47NO5Si/c1-19-17-20(2)23(27(9,10)14-16-31-34(11,12)26(6,7)8)21(18-19)32-22(29)13-15-28-24(30)33-25(3,4)5/h17-18H,13-16H2,1-12H3,(H,28,30). The molecule has 0 atom stereocenters. The van der Waals surface area contributed by atoms with Crippen LogP contribution < -0.4 is 10.1 Å². The van der Waals surface area contributed by atoms with E-state index in [1.807, 2.05) is 13.0 Å². The Morgan fingerprint density at radius 3 is 2.09 bits per heavy atom. The number of amides is 1. The van der Waals surface area contributed by atoms with Crippen LogP contribution in [0.3, 0.4) is 0 Å². The second-order valence-corrected chi connectivity index (χ2v) is 17.2. The molecule has 1 N–H and O–H groups in total. The number of aryl methyl sites for hydroxylation is 2. The highest BCUT2D eigenvalue weighted by molar-refractivity contribution is 6.74. The van der Waals surface area contributed by atoms with Gasteiger partial charge in [0.25, 0.3) is 0 Å². The van der Waals surface area contributed by atoms with E-state index in [-0.39, 0.29) is 23.4 Å². The molecule has 0 saturated carbocycles. The number of carbonyl (C=O) groups is 2. The molecule has 0 spiro atoms. The predicted octanol–water partition coefficient (Wildman–Crippen LogP) is 6.81. The molecule has 1 aromatic carbocycles. The summed E-state index contributed by atoms with van der Waals surface area (Å²) in [5.74, 6) is 0.188. The number of alkyl carbamates (subject to hydrolysis) is 1. The van der Waals surface area contributed by atoms with Gasteiger partial charge in [-0.05, 0) is 81.8 Å². The number of ether oxygens (including phenoxy) is 2. The summed E-state index contributed by atoms with van der Waals surface area (Å²) in [5.41, 5.74) is 2.31. The van der Waals surface area contributed by atoms with Crippen LogP contribution in [0, 0.1) is 13.8 Å². The molecule has 34 heavy (non-hydrogen) atoms. The molecule has 0 bridgehead atoms. The van der Waals surface area contributed by atoms with Gasteiger partial charge in [0.2, 0.25) is 0 Å². The lowest BCUT2D eigenvalue weighted by molar-refractivity contribution is -0.134. The quantitative estimate of drug-likeness (QED) is 0.232. The van der Waals surface area contributed by atoms with E-state index >= 15 is 0 Å². The fourth-order valence-electron chi connectivity index (χ4n) is 3.53. The third-order valence-corrected chi connectivity index (χ3v) is 10.9. The molecular weight excluding hydrogens is 446 g/mol. The van der Waals surface area contributed by atoms with Gasteiger partial charge in [-0.15, -0.1) is 0 Å². The maximum absolute atomic E-state index is 12.6. The highest BCUT2D eigenvalue weighted by Gasteiger charge is 2.38. The zero-order valence-electron chi connectivity index (χ0n) is 23.5. The Bertz CT molecular complexity index is 863. The van der Waals surface area contributed by atoms with E-state index in [1.165, 1.54) is 0 Å². The van der Waals surface area contributed by atoms with Gasteiger partial charge in [-0.1, -0.05) is 40.7 Å². The Hall–Kier alpha value is -1.86. The number of hydrogen-bond acceptors (Lipinski definition) is 5. The van der Waals surface area contributed by atoms with Crippen LogP contribution in [-0.4, -0.2) is 39.1 Å². The molecule has 6 nitrogen and oxygen atoms in total. The van der Waals surface area contributed by atoms with E-state index in [2.05, 4.69) is 66.0 Å². The van der Waals surface area contributed by atoms with Crippen molar-refractivity contribution < 1.29 is 23.5 Å². The highest BCUT2D eigenvalue weighted by Crippen LogP contribution is 2.40. The van der Waals surface area contributed by atoms with Crippen molar-refractivity contribution in [1.82, 2.24) is 5.32 Å². The minimum atomic E-state index is -1.84. The van der Waals surface area contributed by atoms with Crippen LogP contribution in [0.5, 0.6) is 5.75 Å². The van der Waals surface area contributed by atoms with Gasteiger partial charge in [-0.25, -0.2) is 4.79 Å². The van der Waals surface area contributed by atoms with Crippen LogP contribution in [0.4, 0.5) is 4.79 Å². The Balaban J connectivity index is 2.90. The van der Waals surface area contributed by atoms with Gasteiger partial charge < -0.3 is 19.2 Å². The second kappa shape index (κ2) is 11.3. The molecule has 1 aromatic rings. The molecule has 0 aliphatic heterocycles. The molecule has 0 saturated heterocycles. The SMILES string of the molecule is Cc1cc(C)c(C(C)(C)CCO[Si](C)(C)C(C)(C)C)c(OC(=O)CCNC(=O)OC(C)(C)C)c1. The normalized spacial score (nSPS) is 12.9. The molecule has 194 valence electrons. The number of nitrogens with one attached hydrogen (secondary N) is 1. The summed E-state index contributed by atoms with van der Waals surface area (Å²) >= 11 is 0. The zero-order chi connectivity index (χ0) is 26.5. The maximum Gasteiger partial charge on any atom is 0.407 e. The average molecular weight is 494 g/mol. The summed E-state index contributed by atoms with van der Waals surface area (Å²) in [6.07, 6.45) is 0.324. The number of rotatable bonds is 9. The number of carbonyl (C=O) groups excluding carboxylic acids is 2. The topological polar surface area (TPSA) is 73.9 Å². The summed E-state index contributed by atoms with van der Waals surface area (Å²) in [4.78, 5) is 24.4. The van der Waals surface area contributed by atoms with Crippen LogP contribution in [0.2, 0.25) is 18.1 Å². The first-order valence-corrected chi connectivity index (χ1v) is 15.1. The van der Waals surface area contributed by atoms with Crippen molar-refractivity contribution >= 4 is 20.4 Å². The Morgan fingerprint density at radius 1 is 0.971 bits per heavy atom. The lowest BCUT2D eigenvalue weighted by atomic mass is 9.78. The van der Waals surface area contributed by atoms with Crippen molar-refractivity contribution in [2.45, 2.75) is 111 Å². The van der Waals surface area contributed by atoms with Gasteiger partial charge in [-0.2, -0.15) is 0 Å². The van der Waals surface area contributed by atoms with Crippen molar-refractivity contribution in [3.05, 3.63) is 28.8 Å². The van der Waals surface area contributed by atoms with Crippen molar-refractivity contribution in [3.63, 3.8) is 0 Å². The lowest BCUT2D eigenvalue weighted by Crippen LogP contribution is -2.41. The van der Waals surface area contributed by atoms with Crippen molar-refractivity contribution in [2.75, 3.05) is 13.2 Å². The van der Waals surface area contributed by atoms with Crippen LogP contribution in [0.1, 0.15) is 84.9 Å². The van der Waals surface area contributed by atoms with E-state index in [9.17, 15) is 9.59 Å². The van der Waals surface area contributed by atoms with Gasteiger partial charge in [-0.3, -0.25) is 4.79 Å². The predicted molar refractivity (Wildman–Crippen MR) is 141 cm³/mol. The third-order valence-electron chi connectivity index (χ3n) is 6.34. The summed E-state index contributed by atoms with van der Waals surface area (Å²) in [6, 6.07) is 4.03. The fraction of sp³-hybridized carbons (Fsp3) is 0.704. The van der Waals surface area contributed by atoms with Gasteiger partial charge in [0.1, 0.15) is 11.4 Å². The van der Waals surface area contributed by atoms with Crippen LogP contribution in [0.15, 0.2) is 12.1 Å². The number of benzene rings is 1. The Morgan fingerprint density at radius 2 is 1.56 bits per heavy atom. The van der Waals surface area contributed by atoms with E-state index in [0.29, 0.717) is 12.4 Å². The largest absolute Gasteiger partial charge is 0.444 e. The highest BCUT2D eigenvalue weighted by atomic mass is 28.4. The Labute approximate surface area is 208 Å². The number of esters is 1. The van der Waals surface area contributed by atoms with E-state index in [1.54, 1.807) is 20.8 Å². The number of hydrogen-bond donors (Lipinski definition) is 1. The minimum Gasteiger partial charge on any atom is -0.444 e. The molecule has 0 aliphatic carbocycles. The minimum absolute atomic E-state index is 0.0561. The maximum atomic E-state index is 12.6. The van der Waals surface area contributed by atoms with Crippen molar-refractivity contribution in [2.24, 2.45) is 0 Å². The molecule has 0 aromatic heterocycles. The molecule has 1 rings (SSSR count). The van der Waals surface area contributed by atoms with E-state index in [4.69, 9.17) is 13.9 Å². The first-order chi connectivity index (χ1) is 15.2. The first kappa shape index (κ1) is 30.2. The van der Waals surface area contributed by atoms with Crippen LogP contribution >= 0.6 is 0 Å². The molecule has 0 aliphatic rings. The van der Waals surface area contributed by atoms with Gasteiger partial charge in [0.15, 0.2) is 8.32 Å². The van der Waals surface area contributed by atoms with E-state index < -0.39 is 26.0 Å². The van der Waals surface area contributed by atoms with Crippen molar-refractivity contribution in [1.29, 1.82) is 0 Å². The van der Waals surface area contributed by atoms with Gasteiger partial charge in [0.05, 0.1) is 6.42 Å². The van der Waals surface area contributed by atoms with Crippen LogP contribution in [0.25, 0.3) is 0 Å². The second-order valence-electron chi connectivity index (χ2n) is 12.4. The molecule has 0 heterocycles. The molecular formula is C27H47NO5Si. The summed E-state index contributed by atoms with van der Waals surface area (Å²) in [5, 5.41) is 2.76. The molecule has 0 radical (unpaired) electrons. The molecule has 0 unspecified atom stereocenters. The van der Waals surface area contributed by atoms with Crippen LogP contribution in [-0.2, 0) is 19.4 Å². The third kappa shape index (κ3) is 9.41. The molecule has 0 fully saturated rings. The summed E-state index contributed by atoms with van der Waals surface area (Å²) < 4.78 is 17.4. The molecule has 1 amide bonds. The smallest absolute Gasteiger partial charge is 0.407 e. The molecule has 7 heteroatoms. The summed E-state index contributed by atoms with van der Waals surface area (Å²) in [6.45, 7) is 25.8. The Kier molecular flexibility index (Phi) is 9.98. The van der Waals surface area contributed by atoms with E-state index in [0.717, 1.165) is 23.1 Å². The fourth-order valence-corrected chi connectivity index (χ4v) is 4.58. The van der Waals surface area contributed by atoms with Crippen molar-refractivity contribution in [3.8, 4) is 5.75 Å². The zero-order valence-corrected chi connectivity index (χ0v) is 24.5. The lowest BCUT2D eigenvalue weighted by Gasteiger charge is -2.37. The van der Waals surface area contributed by atoms with Gasteiger partial charge >= 0.3 is 12.1 Å². The van der Waals surface area contributed by atoms with Gasteiger partial charge in [0, 0.05) is 18.7 Å². The summed E-state index contributed by atoms with van der Waals surface area (Å²) in [7, 11) is -1.84. The average Bonchev–Trinajstić information content (AvgIpc) is 2.57. The first-order valence-electron chi connectivity index (χ1n) is 12.2.